The van der Waals surface area contributed by atoms with Crippen LogP contribution < -0.4 is 20.3 Å². The fraction of sp³-hybridized carbons (Fsp3) is 0.522. The van der Waals surface area contributed by atoms with Gasteiger partial charge in [0.1, 0.15) is 5.75 Å². The van der Waals surface area contributed by atoms with Crippen LogP contribution in [0.3, 0.4) is 0 Å². The van der Waals surface area contributed by atoms with Gasteiger partial charge in [0.05, 0.1) is 19.2 Å². The van der Waals surface area contributed by atoms with Crippen LogP contribution in [0, 0.1) is 0 Å². The first-order valence-corrected chi connectivity index (χ1v) is 12.2. The average molecular weight is 458 g/mol. The van der Waals surface area contributed by atoms with E-state index in [-0.39, 0.29) is 24.4 Å². The Labute approximate surface area is 193 Å². The van der Waals surface area contributed by atoms with Gasteiger partial charge < -0.3 is 19.9 Å². The highest BCUT2D eigenvalue weighted by molar-refractivity contribution is 7.13. The summed E-state index contributed by atoms with van der Waals surface area (Å²) < 4.78 is 5.22. The van der Waals surface area contributed by atoms with Crippen molar-refractivity contribution in [3.8, 4) is 5.75 Å². The minimum Gasteiger partial charge on any atom is -0.497 e. The normalized spacial score (nSPS) is 17.2. The molecule has 2 aliphatic rings. The van der Waals surface area contributed by atoms with E-state index in [2.05, 4.69) is 20.5 Å². The Hall–Kier alpha value is -2.81. The third-order valence-corrected chi connectivity index (χ3v) is 6.92. The second kappa shape index (κ2) is 10.7. The van der Waals surface area contributed by atoms with Gasteiger partial charge in [-0.05, 0) is 37.1 Å². The van der Waals surface area contributed by atoms with Crippen molar-refractivity contribution in [3.63, 3.8) is 0 Å². The number of hydrogen-bond acceptors (Lipinski definition) is 6. The summed E-state index contributed by atoms with van der Waals surface area (Å²) in [5.41, 5.74) is 1.84. The molecule has 1 aliphatic carbocycles. The Kier molecular flexibility index (Phi) is 7.47. The lowest BCUT2D eigenvalue weighted by Gasteiger charge is -2.36. The number of nitrogens with zero attached hydrogens (tertiary/aromatic N) is 3. The Bertz CT molecular complexity index is 903. The number of urea groups is 1. The quantitative estimate of drug-likeness (QED) is 0.693. The summed E-state index contributed by atoms with van der Waals surface area (Å²) in [6.45, 7) is 2.96. The molecule has 1 saturated heterocycles. The van der Waals surface area contributed by atoms with Crippen molar-refractivity contribution in [2.75, 3.05) is 43.5 Å². The summed E-state index contributed by atoms with van der Waals surface area (Å²) >= 11 is 1.36. The predicted octanol–water partition coefficient (Wildman–Crippen LogP) is 3.50. The van der Waals surface area contributed by atoms with Gasteiger partial charge in [-0.1, -0.05) is 19.3 Å². The molecule has 1 aromatic carbocycles. The first-order valence-electron chi connectivity index (χ1n) is 11.3. The Balaban J connectivity index is 1.22. The minimum absolute atomic E-state index is 0.0721. The molecular formula is C23H31N5O3S. The molecular weight excluding hydrogens is 426 g/mol. The number of carbonyl (C=O) groups is 2. The van der Waals surface area contributed by atoms with Crippen LogP contribution in [-0.4, -0.2) is 61.2 Å². The van der Waals surface area contributed by atoms with Gasteiger partial charge in [-0.2, -0.15) is 0 Å². The minimum atomic E-state index is -0.209. The van der Waals surface area contributed by atoms with E-state index in [4.69, 9.17) is 4.74 Å². The van der Waals surface area contributed by atoms with E-state index in [9.17, 15) is 9.59 Å². The van der Waals surface area contributed by atoms with Gasteiger partial charge in [0.15, 0.2) is 5.13 Å². The van der Waals surface area contributed by atoms with Gasteiger partial charge in [0, 0.05) is 43.3 Å². The lowest BCUT2D eigenvalue weighted by atomic mass is 9.96. The number of nitrogens with one attached hydrogen (secondary N) is 2. The molecule has 0 bridgehead atoms. The van der Waals surface area contributed by atoms with Crippen LogP contribution >= 0.6 is 11.3 Å². The van der Waals surface area contributed by atoms with Crippen molar-refractivity contribution in [2.24, 2.45) is 0 Å². The van der Waals surface area contributed by atoms with E-state index in [0.29, 0.717) is 23.9 Å². The maximum atomic E-state index is 12.7. The molecule has 9 heteroatoms. The molecule has 1 saturated carbocycles. The molecule has 0 unspecified atom stereocenters. The first kappa shape index (κ1) is 22.4. The lowest BCUT2D eigenvalue weighted by molar-refractivity contribution is -0.130. The summed E-state index contributed by atoms with van der Waals surface area (Å²) in [4.78, 5) is 33.5. The Morgan fingerprint density at radius 3 is 2.50 bits per heavy atom. The van der Waals surface area contributed by atoms with E-state index < -0.39 is 0 Å². The number of rotatable bonds is 6. The largest absolute Gasteiger partial charge is 0.497 e. The maximum absolute atomic E-state index is 12.7. The van der Waals surface area contributed by atoms with Gasteiger partial charge in [-0.15, -0.1) is 11.3 Å². The fourth-order valence-corrected chi connectivity index (χ4v) is 4.99. The van der Waals surface area contributed by atoms with E-state index in [1.807, 2.05) is 34.5 Å². The van der Waals surface area contributed by atoms with E-state index in [0.717, 1.165) is 37.4 Å². The van der Waals surface area contributed by atoms with Crippen molar-refractivity contribution in [1.29, 1.82) is 0 Å². The summed E-state index contributed by atoms with van der Waals surface area (Å²) in [6, 6.07) is 8.04. The number of methoxy groups -OCH3 is 1. The number of amides is 3. The van der Waals surface area contributed by atoms with Crippen LogP contribution in [0.5, 0.6) is 5.75 Å². The number of hydrogen-bond donors (Lipinski definition) is 2. The molecule has 0 radical (unpaired) electrons. The summed E-state index contributed by atoms with van der Waals surface area (Å²) in [5.74, 6) is 0.911. The predicted molar refractivity (Wildman–Crippen MR) is 127 cm³/mol. The monoisotopic (exact) mass is 457 g/mol. The molecule has 0 spiro atoms. The van der Waals surface area contributed by atoms with Crippen LogP contribution in [-0.2, 0) is 11.2 Å². The number of benzene rings is 1. The molecule has 172 valence electrons. The molecule has 1 aromatic heterocycles. The lowest BCUT2D eigenvalue weighted by Crippen LogP contribution is -2.49. The number of piperazine rings is 1. The molecule has 2 heterocycles. The first-order chi connectivity index (χ1) is 15.6. The number of anilines is 2. The zero-order valence-electron chi connectivity index (χ0n) is 18.5. The molecule has 32 heavy (non-hydrogen) atoms. The number of aromatic nitrogens is 1. The average Bonchev–Trinajstić information content (AvgIpc) is 3.26. The highest BCUT2D eigenvalue weighted by atomic mass is 32.1. The van der Waals surface area contributed by atoms with Gasteiger partial charge in [-0.3, -0.25) is 10.1 Å². The maximum Gasteiger partial charge on any atom is 0.321 e. The van der Waals surface area contributed by atoms with Gasteiger partial charge >= 0.3 is 6.03 Å². The summed E-state index contributed by atoms with van der Waals surface area (Å²) in [5, 5.41) is 8.22. The molecule has 2 N–H and O–H groups in total. The summed E-state index contributed by atoms with van der Waals surface area (Å²) in [7, 11) is 1.66. The molecule has 3 amide bonds. The van der Waals surface area contributed by atoms with Crippen LogP contribution in [0.2, 0.25) is 0 Å². The van der Waals surface area contributed by atoms with E-state index >= 15 is 0 Å². The van der Waals surface area contributed by atoms with Crippen LogP contribution in [0.15, 0.2) is 29.6 Å². The highest BCUT2D eigenvalue weighted by Crippen LogP contribution is 2.22. The van der Waals surface area contributed by atoms with Crippen molar-refractivity contribution in [1.82, 2.24) is 15.2 Å². The molecule has 2 aromatic rings. The number of thiazole rings is 1. The molecule has 2 fully saturated rings. The van der Waals surface area contributed by atoms with Crippen LogP contribution in [0.1, 0.15) is 37.8 Å². The van der Waals surface area contributed by atoms with Gasteiger partial charge in [-0.25, -0.2) is 9.78 Å². The number of carbonyl (C=O) groups excluding carboxylic acids is 2. The van der Waals surface area contributed by atoms with Crippen LogP contribution in [0.25, 0.3) is 0 Å². The molecule has 0 atom stereocenters. The zero-order valence-corrected chi connectivity index (χ0v) is 19.3. The molecule has 4 rings (SSSR count). The summed E-state index contributed by atoms with van der Waals surface area (Å²) in [6.07, 6.45) is 5.92. The Morgan fingerprint density at radius 2 is 1.81 bits per heavy atom. The topological polar surface area (TPSA) is 86.8 Å². The SMILES string of the molecule is COc1ccc(N2CCN(C(=O)Cc3csc(NC(=O)NC4CCCCC4)n3)CC2)cc1. The second-order valence-electron chi connectivity index (χ2n) is 8.32. The van der Waals surface area contributed by atoms with Crippen molar-refractivity contribution in [3.05, 3.63) is 35.3 Å². The highest BCUT2D eigenvalue weighted by Gasteiger charge is 2.22. The smallest absolute Gasteiger partial charge is 0.321 e. The van der Waals surface area contributed by atoms with E-state index in [1.54, 1.807) is 7.11 Å². The van der Waals surface area contributed by atoms with Crippen LogP contribution in [0.4, 0.5) is 15.6 Å². The fourth-order valence-electron chi connectivity index (χ4n) is 4.28. The van der Waals surface area contributed by atoms with Crippen molar-refractivity contribution < 1.29 is 14.3 Å². The molecule has 1 aliphatic heterocycles. The molecule has 8 nitrogen and oxygen atoms in total. The number of ether oxygens (including phenoxy) is 1. The third kappa shape index (κ3) is 5.91. The van der Waals surface area contributed by atoms with Crippen molar-refractivity contribution in [2.45, 2.75) is 44.6 Å². The van der Waals surface area contributed by atoms with E-state index in [1.165, 1.54) is 30.6 Å². The van der Waals surface area contributed by atoms with Gasteiger partial charge in [0.2, 0.25) is 5.91 Å². The second-order valence-corrected chi connectivity index (χ2v) is 9.18. The standard InChI is InChI=1S/C23H31N5O3S/c1-31-20-9-7-19(8-10-20)27-11-13-28(14-12-27)21(29)15-18-16-32-23(25-18)26-22(30)24-17-5-3-2-4-6-17/h7-10,16-17H,2-6,11-15H2,1H3,(H2,24,25,26,30). The zero-order chi connectivity index (χ0) is 22.3. The van der Waals surface area contributed by atoms with Gasteiger partial charge in [0.25, 0.3) is 0 Å². The van der Waals surface area contributed by atoms with Crippen molar-refractivity contribution >= 4 is 34.1 Å². The third-order valence-electron chi connectivity index (χ3n) is 6.11. The Morgan fingerprint density at radius 1 is 1.09 bits per heavy atom.